The normalized spacial score (nSPS) is 11.8. The Kier molecular flexibility index (Phi) is 4.70. The smallest absolute Gasteiger partial charge is 0.253 e. The molecular formula is C16H17ClN2O2. The fourth-order valence-corrected chi connectivity index (χ4v) is 2.17. The van der Waals surface area contributed by atoms with Crippen LogP contribution in [0.15, 0.2) is 42.5 Å². The number of halogens is 1. The first-order valence-electron chi connectivity index (χ1n) is 6.51. The van der Waals surface area contributed by atoms with Crippen LogP contribution in [0, 0.1) is 0 Å². The van der Waals surface area contributed by atoms with E-state index in [1.807, 2.05) is 31.2 Å². The Balaban J connectivity index is 2.10. The molecule has 0 heterocycles. The summed E-state index contributed by atoms with van der Waals surface area (Å²) in [6.07, 6.45) is 0. The highest BCUT2D eigenvalue weighted by Crippen LogP contribution is 2.20. The minimum absolute atomic E-state index is 0.140. The molecule has 21 heavy (non-hydrogen) atoms. The summed E-state index contributed by atoms with van der Waals surface area (Å²) in [5.41, 5.74) is 7.58. The molecule has 5 heteroatoms. The van der Waals surface area contributed by atoms with Crippen molar-refractivity contribution in [1.29, 1.82) is 0 Å². The van der Waals surface area contributed by atoms with Crippen LogP contribution in [0.2, 0.25) is 5.02 Å². The molecule has 0 aliphatic carbocycles. The average Bonchev–Trinajstić information content (AvgIpc) is 2.47. The molecule has 0 unspecified atom stereocenters. The van der Waals surface area contributed by atoms with E-state index in [-0.39, 0.29) is 11.9 Å². The molecule has 0 spiro atoms. The van der Waals surface area contributed by atoms with Gasteiger partial charge in [-0.15, -0.1) is 0 Å². The third-order valence-corrected chi connectivity index (χ3v) is 3.46. The summed E-state index contributed by atoms with van der Waals surface area (Å²) >= 11 is 5.83. The van der Waals surface area contributed by atoms with Gasteiger partial charge < -0.3 is 15.8 Å². The van der Waals surface area contributed by atoms with E-state index < -0.39 is 0 Å². The van der Waals surface area contributed by atoms with Gasteiger partial charge in [-0.3, -0.25) is 4.79 Å². The van der Waals surface area contributed by atoms with Crippen molar-refractivity contribution in [1.82, 2.24) is 5.32 Å². The van der Waals surface area contributed by atoms with Crippen molar-refractivity contribution in [3.8, 4) is 5.75 Å². The molecule has 0 aliphatic rings. The van der Waals surface area contributed by atoms with Crippen molar-refractivity contribution in [3.05, 3.63) is 58.6 Å². The molecule has 0 saturated heterocycles. The largest absolute Gasteiger partial charge is 0.497 e. The topological polar surface area (TPSA) is 64.3 Å². The lowest BCUT2D eigenvalue weighted by Gasteiger charge is -2.15. The van der Waals surface area contributed by atoms with E-state index in [1.54, 1.807) is 25.3 Å². The molecule has 3 N–H and O–H groups in total. The zero-order valence-electron chi connectivity index (χ0n) is 11.9. The molecule has 0 bridgehead atoms. The van der Waals surface area contributed by atoms with Crippen LogP contribution >= 0.6 is 11.6 Å². The lowest BCUT2D eigenvalue weighted by molar-refractivity contribution is 0.0941. The number of rotatable bonds is 4. The summed E-state index contributed by atoms with van der Waals surface area (Å²) < 4.78 is 5.11. The van der Waals surface area contributed by atoms with Gasteiger partial charge >= 0.3 is 0 Å². The number of methoxy groups -OCH3 is 1. The first-order chi connectivity index (χ1) is 10.0. The molecule has 4 nitrogen and oxygen atoms in total. The Morgan fingerprint density at radius 3 is 2.48 bits per heavy atom. The number of benzene rings is 2. The van der Waals surface area contributed by atoms with Crippen LogP contribution in [0.5, 0.6) is 5.75 Å². The van der Waals surface area contributed by atoms with Gasteiger partial charge in [0.15, 0.2) is 0 Å². The summed E-state index contributed by atoms with van der Waals surface area (Å²) in [6.45, 7) is 1.91. The van der Waals surface area contributed by atoms with Crippen LogP contribution < -0.4 is 15.8 Å². The first kappa shape index (κ1) is 15.2. The summed E-state index contributed by atoms with van der Waals surface area (Å²) in [5, 5.41) is 3.41. The molecule has 2 rings (SSSR count). The molecule has 0 radical (unpaired) electrons. The molecule has 2 aromatic carbocycles. The van der Waals surface area contributed by atoms with E-state index in [1.165, 1.54) is 0 Å². The van der Waals surface area contributed by atoms with Crippen LogP contribution in [0.4, 0.5) is 5.69 Å². The predicted molar refractivity (Wildman–Crippen MR) is 84.7 cm³/mol. The van der Waals surface area contributed by atoms with Crippen LogP contribution in [-0.4, -0.2) is 13.0 Å². The van der Waals surface area contributed by atoms with E-state index in [4.69, 9.17) is 22.1 Å². The third-order valence-electron chi connectivity index (χ3n) is 3.22. The van der Waals surface area contributed by atoms with Gasteiger partial charge in [0.2, 0.25) is 0 Å². The summed E-state index contributed by atoms with van der Waals surface area (Å²) in [4.78, 5) is 12.2. The van der Waals surface area contributed by atoms with E-state index in [9.17, 15) is 4.79 Å². The van der Waals surface area contributed by atoms with Crippen molar-refractivity contribution in [3.63, 3.8) is 0 Å². The highest BCUT2D eigenvalue weighted by atomic mass is 35.5. The van der Waals surface area contributed by atoms with E-state index in [0.29, 0.717) is 16.3 Å². The Morgan fingerprint density at radius 2 is 1.90 bits per heavy atom. The molecule has 0 aliphatic heterocycles. The molecule has 0 fully saturated rings. The molecule has 0 saturated carbocycles. The van der Waals surface area contributed by atoms with Crippen molar-refractivity contribution < 1.29 is 9.53 Å². The Bertz CT molecular complexity index is 641. The number of amides is 1. The molecule has 1 atom stereocenters. The second kappa shape index (κ2) is 6.50. The molecule has 1 amide bonds. The van der Waals surface area contributed by atoms with Crippen LogP contribution in [0.1, 0.15) is 28.9 Å². The SMILES string of the molecule is COc1ccc([C@H](C)NC(=O)c2ccc(Cl)cc2N)cc1. The zero-order chi connectivity index (χ0) is 15.4. The van der Waals surface area contributed by atoms with Gasteiger partial charge in [-0.1, -0.05) is 23.7 Å². The molecular weight excluding hydrogens is 288 g/mol. The fraction of sp³-hybridized carbons (Fsp3) is 0.188. The standard InChI is InChI=1S/C16H17ClN2O2/c1-10(11-3-6-13(21-2)7-4-11)19-16(20)14-8-5-12(17)9-15(14)18/h3-10H,18H2,1-2H3,(H,19,20)/t10-/m0/s1. The molecule has 0 aromatic heterocycles. The van der Waals surface area contributed by atoms with Gasteiger partial charge in [-0.05, 0) is 42.8 Å². The Hall–Kier alpha value is -2.20. The van der Waals surface area contributed by atoms with Gasteiger partial charge in [0.25, 0.3) is 5.91 Å². The second-order valence-corrected chi connectivity index (χ2v) is 5.14. The first-order valence-corrected chi connectivity index (χ1v) is 6.89. The number of hydrogen-bond donors (Lipinski definition) is 2. The van der Waals surface area contributed by atoms with E-state index in [0.717, 1.165) is 11.3 Å². The third kappa shape index (κ3) is 3.67. The number of anilines is 1. The number of ether oxygens (including phenoxy) is 1. The number of nitrogen functional groups attached to an aromatic ring is 1. The minimum atomic E-state index is -0.229. The number of nitrogens with one attached hydrogen (secondary N) is 1. The average molecular weight is 305 g/mol. The predicted octanol–water partition coefficient (Wildman–Crippen LogP) is 3.42. The van der Waals surface area contributed by atoms with Crippen LogP contribution in [0.3, 0.4) is 0 Å². The second-order valence-electron chi connectivity index (χ2n) is 4.70. The number of carbonyl (C=O) groups excluding carboxylic acids is 1. The van der Waals surface area contributed by atoms with Crippen molar-refractivity contribution in [2.24, 2.45) is 0 Å². The Labute approximate surface area is 128 Å². The van der Waals surface area contributed by atoms with Crippen molar-refractivity contribution in [2.45, 2.75) is 13.0 Å². The summed E-state index contributed by atoms with van der Waals surface area (Å²) in [5.74, 6) is 0.548. The van der Waals surface area contributed by atoms with E-state index >= 15 is 0 Å². The van der Waals surface area contributed by atoms with E-state index in [2.05, 4.69) is 5.32 Å². The number of carbonyl (C=O) groups is 1. The van der Waals surface area contributed by atoms with Gasteiger partial charge in [0.1, 0.15) is 5.75 Å². The maximum absolute atomic E-state index is 12.2. The summed E-state index contributed by atoms with van der Waals surface area (Å²) in [7, 11) is 1.61. The summed E-state index contributed by atoms with van der Waals surface area (Å²) in [6, 6.07) is 12.2. The van der Waals surface area contributed by atoms with Gasteiger partial charge in [0.05, 0.1) is 18.7 Å². The lowest BCUT2D eigenvalue weighted by atomic mass is 10.1. The molecule has 110 valence electrons. The van der Waals surface area contributed by atoms with Crippen molar-refractivity contribution in [2.75, 3.05) is 12.8 Å². The quantitative estimate of drug-likeness (QED) is 0.851. The van der Waals surface area contributed by atoms with Gasteiger partial charge in [0, 0.05) is 10.7 Å². The molecule has 2 aromatic rings. The zero-order valence-corrected chi connectivity index (χ0v) is 12.6. The maximum atomic E-state index is 12.2. The maximum Gasteiger partial charge on any atom is 0.253 e. The number of nitrogens with two attached hydrogens (primary N) is 1. The van der Waals surface area contributed by atoms with Crippen molar-refractivity contribution >= 4 is 23.2 Å². The van der Waals surface area contributed by atoms with Crippen LogP contribution in [-0.2, 0) is 0 Å². The minimum Gasteiger partial charge on any atom is -0.497 e. The monoisotopic (exact) mass is 304 g/mol. The lowest BCUT2D eigenvalue weighted by Crippen LogP contribution is -2.27. The Morgan fingerprint density at radius 1 is 1.24 bits per heavy atom. The highest BCUT2D eigenvalue weighted by molar-refractivity contribution is 6.31. The highest BCUT2D eigenvalue weighted by Gasteiger charge is 2.14. The number of hydrogen-bond acceptors (Lipinski definition) is 3. The fourth-order valence-electron chi connectivity index (χ4n) is 1.99. The van der Waals surface area contributed by atoms with Gasteiger partial charge in [-0.25, -0.2) is 0 Å². The van der Waals surface area contributed by atoms with Crippen LogP contribution in [0.25, 0.3) is 0 Å². The van der Waals surface area contributed by atoms with Gasteiger partial charge in [-0.2, -0.15) is 0 Å².